The van der Waals surface area contributed by atoms with Crippen molar-refractivity contribution in [3.05, 3.63) is 42.0 Å². The van der Waals surface area contributed by atoms with Crippen molar-refractivity contribution in [2.45, 2.75) is 30.7 Å². The number of halogens is 1. The van der Waals surface area contributed by atoms with Crippen LogP contribution in [0.25, 0.3) is 5.69 Å². The van der Waals surface area contributed by atoms with Gasteiger partial charge in [-0.2, -0.15) is 9.40 Å². The quantitative estimate of drug-likeness (QED) is 0.889. The summed E-state index contributed by atoms with van der Waals surface area (Å²) < 4.78 is 43.0. The monoisotopic (exact) mass is 352 g/mol. The Kier molecular flexibility index (Phi) is 4.71. The number of benzene rings is 1. The van der Waals surface area contributed by atoms with Crippen LogP contribution in [0, 0.1) is 12.7 Å². The van der Waals surface area contributed by atoms with Gasteiger partial charge in [-0.3, -0.25) is 0 Å². The fourth-order valence-electron chi connectivity index (χ4n) is 3.08. The Morgan fingerprint density at radius 3 is 2.83 bits per heavy atom. The van der Waals surface area contributed by atoms with E-state index in [2.05, 4.69) is 10.4 Å². The van der Waals surface area contributed by atoms with Gasteiger partial charge in [0.2, 0.25) is 10.0 Å². The predicted octanol–water partition coefficient (Wildman–Crippen LogP) is 1.69. The van der Waals surface area contributed by atoms with Crippen LogP contribution in [0.3, 0.4) is 0 Å². The molecule has 0 aliphatic carbocycles. The lowest BCUT2D eigenvalue weighted by molar-refractivity contribution is 0.379. The molecule has 0 unspecified atom stereocenters. The second-order valence-electron chi connectivity index (χ2n) is 6.04. The van der Waals surface area contributed by atoms with Gasteiger partial charge in [-0.15, -0.1) is 0 Å². The molecule has 3 rings (SSSR count). The second-order valence-corrected chi connectivity index (χ2v) is 7.94. The first-order chi connectivity index (χ1) is 11.4. The molecule has 1 aliphatic rings. The van der Waals surface area contributed by atoms with E-state index in [1.165, 1.54) is 21.1 Å². The molecule has 1 saturated heterocycles. The Labute approximate surface area is 141 Å². The van der Waals surface area contributed by atoms with Crippen LogP contribution in [0.15, 0.2) is 35.5 Å². The molecule has 1 fully saturated rings. The Morgan fingerprint density at radius 2 is 2.21 bits per heavy atom. The highest BCUT2D eigenvalue weighted by molar-refractivity contribution is 7.89. The molecule has 0 bridgehead atoms. The molecule has 8 heteroatoms. The summed E-state index contributed by atoms with van der Waals surface area (Å²) in [6.07, 6.45) is 4.94. The molecule has 1 aliphatic heterocycles. The summed E-state index contributed by atoms with van der Waals surface area (Å²) in [7, 11) is -1.91. The number of nitrogens with one attached hydrogen (secondary N) is 1. The standard InChI is InChI=1S/C16H21FN4O2S/c1-12-9-19-20(11-12)16-6-5-14(8-15(16)17)24(22,23)21-7-3-4-13(21)10-18-2/h5-6,8-9,11,13,18H,3-4,7,10H2,1-2H3/t13-/m1/s1. The van der Waals surface area contributed by atoms with Crippen molar-refractivity contribution in [1.29, 1.82) is 0 Å². The topological polar surface area (TPSA) is 67.2 Å². The number of sulfonamides is 1. The molecular formula is C16H21FN4O2S. The summed E-state index contributed by atoms with van der Waals surface area (Å²) >= 11 is 0. The molecule has 2 heterocycles. The van der Waals surface area contributed by atoms with Gasteiger partial charge in [0.25, 0.3) is 0 Å². The van der Waals surface area contributed by atoms with Crippen molar-refractivity contribution in [3.8, 4) is 5.69 Å². The second kappa shape index (κ2) is 6.62. The van der Waals surface area contributed by atoms with Crippen LogP contribution in [0.2, 0.25) is 0 Å². The molecule has 1 aromatic heterocycles. The number of rotatable bonds is 5. The Bertz CT molecular complexity index is 834. The lowest BCUT2D eigenvalue weighted by atomic mass is 10.2. The van der Waals surface area contributed by atoms with Gasteiger partial charge in [-0.25, -0.2) is 17.5 Å². The van der Waals surface area contributed by atoms with Gasteiger partial charge in [0.05, 0.1) is 11.1 Å². The Morgan fingerprint density at radius 1 is 1.42 bits per heavy atom. The van der Waals surface area contributed by atoms with Crippen molar-refractivity contribution in [2.75, 3.05) is 20.1 Å². The zero-order chi connectivity index (χ0) is 17.3. The van der Waals surface area contributed by atoms with Crippen LogP contribution in [0.1, 0.15) is 18.4 Å². The maximum Gasteiger partial charge on any atom is 0.243 e. The third-order valence-corrected chi connectivity index (χ3v) is 6.19. The number of hydrogen-bond donors (Lipinski definition) is 1. The number of hydrogen-bond acceptors (Lipinski definition) is 4. The van der Waals surface area contributed by atoms with E-state index in [4.69, 9.17) is 0 Å². The van der Waals surface area contributed by atoms with Crippen molar-refractivity contribution < 1.29 is 12.8 Å². The van der Waals surface area contributed by atoms with Crippen LogP contribution >= 0.6 is 0 Å². The zero-order valence-electron chi connectivity index (χ0n) is 13.7. The van der Waals surface area contributed by atoms with Crippen molar-refractivity contribution in [2.24, 2.45) is 0 Å². The molecule has 0 saturated carbocycles. The van der Waals surface area contributed by atoms with Gasteiger partial charge in [-0.05, 0) is 50.6 Å². The van der Waals surface area contributed by atoms with Crippen molar-refractivity contribution >= 4 is 10.0 Å². The highest BCUT2D eigenvalue weighted by Gasteiger charge is 2.35. The molecule has 0 spiro atoms. The van der Waals surface area contributed by atoms with Crippen molar-refractivity contribution in [3.63, 3.8) is 0 Å². The van der Waals surface area contributed by atoms with E-state index >= 15 is 0 Å². The Balaban J connectivity index is 1.93. The van der Waals surface area contributed by atoms with E-state index in [1.807, 2.05) is 6.92 Å². The van der Waals surface area contributed by atoms with E-state index in [-0.39, 0.29) is 16.6 Å². The van der Waals surface area contributed by atoms with Gasteiger partial charge in [0, 0.05) is 25.3 Å². The van der Waals surface area contributed by atoms with E-state index in [9.17, 15) is 12.8 Å². The summed E-state index contributed by atoms with van der Waals surface area (Å²) in [5.74, 6) is -0.608. The predicted molar refractivity (Wildman–Crippen MR) is 89.1 cm³/mol. The van der Waals surface area contributed by atoms with Crippen LogP contribution in [0.5, 0.6) is 0 Å². The van der Waals surface area contributed by atoms with Crippen LogP contribution in [-0.2, 0) is 10.0 Å². The molecule has 24 heavy (non-hydrogen) atoms. The summed E-state index contributed by atoms with van der Waals surface area (Å²) in [4.78, 5) is -0.0179. The highest BCUT2D eigenvalue weighted by atomic mass is 32.2. The van der Waals surface area contributed by atoms with Crippen LogP contribution < -0.4 is 5.32 Å². The maximum absolute atomic E-state index is 14.5. The lowest BCUT2D eigenvalue weighted by Crippen LogP contribution is -2.40. The SMILES string of the molecule is CNC[C@H]1CCCN1S(=O)(=O)c1ccc(-n2cc(C)cn2)c(F)c1. The van der Waals surface area contributed by atoms with Crippen molar-refractivity contribution in [1.82, 2.24) is 19.4 Å². The number of likely N-dealkylation sites (N-methyl/N-ethyl adjacent to an activating group) is 1. The van der Waals surface area contributed by atoms with Gasteiger partial charge in [0.15, 0.2) is 0 Å². The third-order valence-electron chi connectivity index (χ3n) is 4.25. The largest absolute Gasteiger partial charge is 0.318 e. The summed E-state index contributed by atoms with van der Waals surface area (Å²) in [5, 5.41) is 7.08. The summed E-state index contributed by atoms with van der Waals surface area (Å²) in [6, 6.07) is 3.89. The molecule has 1 atom stereocenters. The average Bonchev–Trinajstić information content (AvgIpc) is 3.17. The lowest BCUT2D eigenvalue weighted by Gasteiger charge is -2.24. The summed E-state index contributed by atoms with van der Waals surface area (Å²) in [6.45, 7) is 2.91. The van der Waals surface area contributed by atoms with Crippen LogP contribution in [0.4, 0.5) is 4.39 Å². The molecule has 130 valence electrons. The van der Waals surface area contributed by atoms with Gasteiger partial charge < -0.3 is 5.32 Å². The first-order valence-electron chi connectivity index (χ1n) is 7.91. The van der Waals surface area contributed by atoms with E-state index in [0.717, 1.165) is 24.5 Å². The molecule has 1 aromatic carbocycles. The van der Waals surface area contributed by atoms with Gasteiger partial charge in [0.1, 0.15) is 11.5 Å². The fourth-order valence-corrected chi connectivity index (χ4v) is 4.78. The highest BCUT2D eigenvalue weighted by Crippen LogP contribution is 2.27. The number of aryl methyl sites for hydroxylation is 1. The molecule has 1 N–H and O–H groups in total. The van der Waals surface area contributed by atoms with Crippen LogP contribution in [-0.4, -0.2) is 48.7 Å². The molecule has 0 amide bonds. The normalized spacial score (nSPS) is 19.0. The molecule has 0 radical (unpaired) electrons. The van der Waals surface area contributed by atoms with E-state index in [1.54, 1.807) is 19.4 Å². The van der Waals surface area contributed by atoms with E-state index < -0.39 is 15.8 Å². The van der Waals surface area contributed by atoms with Gasteiger partial charge >= 0.3 is 0 Å². The first-order valence-corrected chi connectivity index (χ1v) is 9.35. The first kappa shape index (κ1) is 17.1. The molecule has 6 nitrogen and oxygen atoms in total. The number of nitrogens with zero attached hydrogens (tertiary/aromatic N) is 3. The fraction of sp³-hybridized carbons (Fsp3) is 0.438. The molecular weight excluding hydrogens is 331 g/mol. The van der Waals surface area contributed by atoms with E-state index in [0.29, 0.717) is 13.1 Å². The minimum atomic E-state index is -3.70. The Hall–Kier alpha value is -1.77. The molecule has 2 aromatic rings. The summed E-state index contributed by atoms with van der Waals surface area (Å²) in [5.41, 5.74) is 1.13. The number of aromatic nitrogens is 2. The average molecular weight is 352 g/mol. The third kappa shape index (κ3) is 3.09. The minimum absolute atomic E-state index is 0.0179. The smallest absolute Gasteiger partial charge is 0.243 e. The zero-order valence-corrected chi connectivity index (χ0v) is 14.6. The minimum Gasteiger partial charge on any atom is -0.318 e. The van der Waals surface area contributed by atoms with Gasteiger partial charge in [-0.1, -0.05) is 0 Å². The maximum atomic E-state index is 14.5.